The predicted octanol–water partition coefficient (Wildman–Crippen LogP) is 4.27. The molecule has 1 N–H and O–H groups in total. The summed E-state index contributed by atoms with van der Waals surface area (Å²) >= 11 is 0. The van der Waals surface area contributed by atoms with Gasteiger partial charge in [0.2, 0.25) is 0 Å². The summed E-state index contributed by atoms with van der Waals surface area (Å²) in [5.74, 6) is -0.151. The molecule has 2 aromatic rings. The van der Waals surface area contributed by atoms with Crippen LogP contribution in [0.25, 0.3) is 11.6 Å². The molecule has 0 heterocycles. The molecule has 114 valence electrons. The highest BCUT2D eigenvalue weighted by Crippen LogP contribution is 2.21. The fourth-order valence-electron chi connectivity index (χ4n) is 2.18. The van der Waals surface area contributed by atoms with Crippen LogP contribution in [-0.4, -0.2) is 17.7 Å². The molecule has 2 rings (SSSR count). The normalized spacial score (nSPS) is 11.3. The molecule has 0 spiro atoms. The molecule has 0 aromatic heterocycles. The number of ether oxygens (including phenoxy) is 1. The topological polar surface area (TPSA) is 46.5 Å². The lowest BCUT2D eigenvalue weighted by atomic mass is 10.0. The molecule has 0 aliphatic carbocycles. The summed E-state index contributed by atoms with van der Waals surface area (Å²) in [5, 5.41) is 9.46. The highest BCUT2D eigenvalue weighted by molar-refractivity contribution is 6.20. The Morgan fingerprint density at radius 3 is 2.18 bits per heavy atom. The van der Waals surface area contributed by atoms with Crippen molar-refractivity contribution in [1.82, 2.24) is 0 Å². The van der Waals surface area contributed by atoms with E-state index >= 15 is 0 Å². The first-order valence-corrected chi connectivity index (χ1v) is 7.41. The van der Waals surface area contributed by atoms with Crippen LogP contribution in [0.15, 0.2) is 48.5 Å². The molecule has 3 heteroatoms. The standard InChI is InChI=1S/C19H20O3/c1-3-14-5-9-16(10-6-14)18(19(20)21)13-15-7-11-17(12-8-15)22-4-2/h5-13H,3-4H2,1-2H3,(H,20,21)/b18-13-. The second-order valence-corrected chi connectivity index (χ2v) is 4.92. The smallest absolute Gasteiger partial charge is 0.336 e. The van der Waals surface area contributed by atoms with Crippen molar-refractivity contribution < 1.29 is 14.6 Å². The maximum absolute atomic E-state index is 11.5. The summed E-state index contributed by atoms with van der Waals surface area (Å²) in [7, 11) is 0. The lowest BCUT2D eigenvalue weighted by Crippen LogP contribution is -2.00. The van der Waals surface area contributed by atoms with Gasteiger partial charge in [-0.1, -0.05) is 43.3 Å². The van der Waals surface area contributed by atoms with Gasteiger partial charge in [0.1, 0.15) is 5.75 Å². The maximum atomic E-state index is 11.5. The van der Waals surface area contributed by atoms with Gasteiger partial charge in [-0.25, -0.2) is 4.79 Å². The van der Waals surface area contributed by atoms with Crippen molar-refractivity contribution in [2.45, 2.75) is 20.3 Å². The van der Waals surface area contributed by atoms with Crippen LogP contribution >= 0.6 is 0 Å². The van der Waals surface area contributed by atoms with Crippen LogP contribution in [0.3, 0.4) is 0 Å². The van der Waals surface area contributed by atoms with Crippen molar-refractivity contribution in [3.8, 4) is 5.75 Å². The van der Waals surface area contributed by atoms with E-state index in [4.69, 9.17) is 4.74 Å². The third-order valence-electron chi connectivity index (χ3n) is 3.41. The summed E-state index contributed by atoms with van der Waals surface area (Å²) in [6.45, 7) is 4.61. The molecule has 0 atom stereocenters. The molecule has 2 aromatic carbocycles. The lowest BCUT2D eigenvalue weighted by molar-refractivity contribution is -0.130. The lowest BCUT2D eigenvalue weighted by Gasteiger charge is -2.06. The highest BCUT2D eigenvalue weighted by atomic mass is 16.5. The van der Waals surface area contributed by atoms with E-state index in [0.29, 0.717) is 12.2 Å². The zero-order chi connectivity index (χ0) is 15.9. The molecule has 0 bridgehead atoms. The Kier molecular flexibility index (Phi) is 5.37. The van der Waals surface area contributed by atoms with E-state index in [1.54, 1.807) is 6.08 Å². The Morgan fingerprint density at radius 2 is 1.68 bits per heavy atom. The predicted molar refractivity (Wildman–Crippen MR) is 88.9 cm³/mol. The van der Waals surface area contributed by atoms with Gasteiger partial charge in [0, 0.05) is 0 Å². The number of hydrogen-bond acceptors (Lipinski definition) is 2. The van der Waals surface area contributed by atoms with Crippen molar-refractivity contribution in [2.24, 2.45) is 0 Å². The Bertz CT molecular complexity index is 652. The molecule has 22 heavy (non-hydrogen) atoms. The first kappa shape index (κ1) is 15.8. The van der Waals surface area contributed by atoms with Gasteiger partial charge >= 0.3 is 5.97 Å². The van der Waals surface area contributed by atoms with E-state index in [1.165, 1.54) is 5.56 Å². The summed E-state index contributed by atoms with van der Waals surface area (Å²) in [5.41, 5.74) is 3.01. The van der Waals surface area contributed by atoms with E-state index in [-0.39, 0.29) is 5.57 Å². The molecule has 0 unspecified atom stereocenters. The largest absolute Gasteiger partial charge is 0.494 e. The Labute approximate surface area is 130 Å². The van der Waals surface area contributed by atoms with E-state index in [1.807, 2.05) is 55.5 Å². The first-order chi connectivity index (χ1) is 10.6. The minimum absolute atomic E-state index is 0.284. The zero-order valence-electron chi connectivity index (χ0n) is 12.9. The molecule has 0 radical (unpaired) electrons. The maximum Gasteiger partial charge on any atom is 0.336 e. The molecule has 3 nitrogen and oxygen atoms in total. The summed E-state index contributed by atoms with van der Waals surface area (Å²) in [6.07, 6.45) is 2.62. The Balaban J connectivity index is 2.31. The van der Waals surface area contributed by atoms with Gasteiger partial charge in [0.05, 0.1) is 12.2 Å². The quantitative estimate of drug-likeness (QED) is 0.639. The molecule has 0 amide bonds. The molecule has 0 saturated carbocycles. The SMILES string of the molecule is CCOc1ccc(/C=C(\C(=O)O)c2ccc(CC)cc2)cc1. The van der Waals surface area contributed by atoms with Crippen LogP contribution in [0, 0.1) is 0 Å². The fourth-order valence-corrected chi connectivity index (χ4v) is 2.18. The summed E-state index contributed by atoms with van der Waals surface area (Å²) in [4.78, 5) is 11.5. The van der Waals surface area contributed by atoms with Crippen LogP contribution in [0.5, 0.6) is 5.75 Å². The number of carboxylic acid groups (broad SMARTS) is 1. The van der Waals surface area contributed by atoms with E-state index in [0.717, 1.165) is 17.7 Å². The van der Waals surface area contributed by atoms with Gasteiger partial charge in [-0.05, 0) is 48.2 Å². The van der Waals surface area contributed by atoms with Gasteiger partial charge in [0.25, 0.3) is 0 Å². The highest BCUT2D eigenvalue weighted by Gasteiger charge is 2.10. The molecule has 0 fully saturated rings. The van der Waals surface area contributed by atoms with Crippen LogP contribution in [0.4, 0.5) is 0 Å². The van der Waals surface area contributed by atoms with Gasteiger partial charge < -0.3 is 9.84 Å². The monoisotopic (exact) mass is 296 g/mol. The number of rotatable bonds is 6. The average Bonchev–Trinajstić information content (AvgIpc) is 2.54. The van der Waals surface area contributed by atoms with Crippen molar-refractivity contribution in [2.75, 3.05) is 6.61 Å². The summed E-state index contributed by atoms with van der Waals surface area (Å²) in [6, 6.07) is 15.0. The zero-order valence-corrected chi connectivity index (χ0v) is 12.9. The van der Waals surface area contributed by atoms with Gasteiger partial charge in [0.15, 0.2) is 0 Å². The van der Waals surface area contributed by atoms with Crippen molar-refractivity contribution in [3.05, 3.63) is 65.2 Å². The number of carbonyl (C=O) groups is 1. The first-order valence-electron chi connectivity index (χ1n) is 7.41. The van der Waals surface area contributed by atoms with Gasteiger partial charge in [-0.2, -0.15) is 0 Å². The van der Waals surface area contributed by atoms with Crippen LogP contribution < -0.4 is 4.74 Å². The Morgan fingerprint density at radius 1 is 1.05 bits per heavy atom. The molecular weight excluding hydrogens is 276 g/mol. The van der Waals surface area contributed by atoms with Crippen LogP contribution in [0.2, 0.25) is 0 Å². The number of aryl methyl sites for hydroxylation is 1. The minimum atomic E-state index is -0.932. The number of aliphatic carboxylic acids is 1. The number of benzene rings is 2. The second kappa shape index (κ2) is 7.46. The van der Waals surface area contributed by atoms with Gasteiger partial charge in [-0.15, -0.1) is 0 Å². The third kappa shape index (κ3) is 3.98. The van der Waals surface area contributed by atoms with Gasteiger partial charge in [-0.3, -0.25) is 0 Å². The summed E-state index contributed by atoms with van der Waals surface area (Å²) < 4.78 is 5.39. The fraction of sp³-hybridized carbons (Fsp3) is 0.211. The second-order valence-electron chi connectivity index (χ2n) is 4.92. The van der Waals surface area contributed by atoms with Crippen molar-refractivity contribution in [3.63, 3.8) is 0 Å². The molecule has 0 saturated heterocycles. The Hall–Kier alpha value is -2.55. The van der Waals surface area contributed by atoms with E-state index < -0.39 is 5.97 Å². The van der Waals surface area contributed by atoms with Crippen molar-refractivity contribution in [1.29, 1.82) is 0 Å². The van der Waals surface area contributed by atoms with Crippen LogP contribution in [-0.2, 0) is 11.2 Å². The molecular formula is C19H20O3. The number of carboxylic acids is 1. The van der Waals surface area contributed by atoms with Crippen molar-refractivity contribution >= 4 is 17.6 Å². The third-order valence-corrected chi connectivity index (χ3v) is 3.41. The number of hydrogen-bond donors (Lipinski definition) is 1. The molecule has 0 aliphatic heterocycles. The van der Waals surface area contributed by atoms with E-state index in [9.17, 15) is 9.90 Å². The molecule has 0 aliphatic rings. The minimum Gasteiger partial charge on any atom is -0.494 e. The average molecular weight is 296 g/mol. The van der Waals surface area contributed by atoms with Crippen LogP contribution in [0.1, 0.15) is 30.5 Å². The van der Waals surface area contributed by atoms with E-state index in [2.05, 4.69) is 6.92 Å².